The Bertz CT molecular complexity index is 311. The Hall–Kier alpha value is -0.620. The Morgan fingerprint density at radius 1 is 1.50 bits per heavy atom. The zero-order chi connectivity index (χ0) is 10.8. The number of hydrogen-bond donors (Lipinski definition) is 2. The summed E-state index contributed by atoms with van der Waals surface area (Å²) in [6, 6.07) is -0.169. The SMILES string of the molecule is N[C@@H]1CCS(=O)(=O)C[C@@H]1CCC(=O)O. The molecule has 6 heteroatoms. The number of carbonyl (C=O) groups is 1. The fourth-order valence-corrected chi connectivity index (χ4v) is 3.55. The molecule has 14 heavy (non-hydrogen) atoms. The van der Waals surface area contributed by atoms with Gasteiger partial charge in [0.25, 0.3) is 0 Å². The summed E-state index contributed by atoms with van der Waals surface area (Å²) in [5, 5.41) is 8.47. The normalized spacial score (nSPS) is 31.2. The summed E-state index contributed by atoms with van der Waals surface area (Å²) in [5.74, 6) is -0.913. The zero-order valence-electron chi connectivity index (χ0n) is 7.85. The molecule has 0 spiro atoms. The standard InChI is InChI=1S/C8H15NO4S/c9-7-3-4-14(12,13)5-6(7)1-2-8(10)11/h6-7H,1-5,9H2,(H,10,11)/t6-,7+/m0/s1. The third kappa shape index (κ3) is 3.26. The topological polar surface area (TPSA) is 97.5 Å². The molecular formula is C8H15NO4S. The van der Waals surface area contributed by atoms with E-state index in [1.807, 2.05) is 0 Å². The van der Waals surface area contributed by atoms with E-state index in [0.29, 0.717) is 12.8 Å². The lowest BCUT2D eigenvalue weighted by molar-refractivity contribution is -0.137. The van der Waals surface area contributed by atoms with E-state index in [-0.39, 0.29) is 29.9 Å². The molecule has 82 valence electrons. The molecule has 0 saturated carbocycles. The van der Waals surface area contributed by atoms with Gasteiger partial charge in [-0.25, -0.2) is 8.42 Å². The highest BCUT2D eigenvalue weighted by molar-refractivity contribution is 7.91. The first-order valence-electron chi connectivity index (χ1n) is 4.58. The molecule has 0 radical (unpaired) electrons. The van der Waals surface area contributed by atoms with Crippen LogP contribution in [0.2, 0.25) is 0 Å². The lowest BCUT2D eigenvalue weighted by Crippen LogP contribution is -2.42. The molecule has 0 aromatic heterocycles. The first kappa shape index (κ1) is 11.5. The molecule has 2 atom stereocenters. The van der Waals surface area contributed by atoms with E-state index in [4.69, 9.17) is 10.8 Å². The van der Waals surface area contributed by atoms with Crippen LogP contribution in [0.4, 0.5) is 0 Å². The maximum absolute atomic E-state index is 11.2. The molecule has 0 amide bonds. The van der Waals surface area contributed by atoms with Crippen LogP contribution < -0.4 is 5.73 Å². The minimum absolute atomic E-state index is 0.00606. The van der Waals surface area contributed by atoms with Crippen LogP contribution in [0.15, 0.2) is 0 Å². The average Bonchev–Trinajstić information content (AvgIpc) is 2.06. The molecule has 0 bridgehead atoms. The van der Waals surface area contributed by atoms with Crippen molar-refractivity contribution in [1.29, 1.82) is 0 Å². The van der Waals surface area contributed by atoms with E-state index >= 15 is 0 Å². The first-order valence-corrected chi connectivity index (χ1v) is 6.40. The molecule has 1 rings (SSSR count). The van der Waals surface area contributed by atoms with Crippen LogP contribution in [0.5, 0.6) is 0 Å². The van der Waals surface area contributed by atoms with Gasteiger partial charge < -0.3 is 10.8 Å². The van der Waals surface area contributed by atoms with E-state index in [0.717, 1.165) is 0 Å². The fraction of sp³-hybridized carbons (Fsp3) is 0.875. The summed E-state index contributed by atoms with van der Waals surface area (Å²) in [6.45, 7) is 0. The third-order valence-corrected chi connectivity index (χ3v) is 4.36. The van der Waals surface area contributed by atoms with Gasteiger partial charge in [-0.15, -0.1) is 0 Å². The van der Waals surface area contributed by atoms with Crippen LogP contribution >= 0.6 is 0 Å². The number of carboxylic acid groups (broad SMARTS) is 1. The van der Waals surface area contributed by atoms with E-state index in [1.165, 1.54) is 0 Å². The van der Waals surface area contributed by atoms with Crippen molar-refractivity contribution in [2.24, 2.45) is 11.7 Å². The van der Waals surface area contributed by atoms with Crippen molar-refractivity contribution in [3.05, 3.63) is 0 Å². The molecule has 3 N–H and O–H groups in total. The van der Waals surface area contributed by atoms with Gasteiger partial charge in [0.1, 0.15) is 0 Å². The summed E-state index contributed by atoms with van der Waals surface area (Å²) >= 11 is 0. The van der Waals surface area contributed by atoms with Crippen LogP contribution in [0.1, 0.15) is 19.3 Å². The molecule has 0 aromatic carbocycles. The first-order chi connectivity index (χ1) is 6.41. The molecule has 1 saturated heterocycles. The Morgan fingerprint density at radius 2 is 2.14 bits per heavy atom. The number of nitrogens with two attached hydrogens (primary N) is 1. The summed E-state index contributed by atoms with van der Waals surface area (Å²) < 4.78 is 22.5. The molecule has 1 heterocycles. The van der Waals surface area contributed by atoms with E-state index in [2.05, 4.69) is 0 Å². The zero-order valence-corrected chi connectivity index (χ0v) is 8.66. The number of hydrogen-bond acceptors (Lipinski definition) is 4. The Balaban J connectivity index is 2.53. The highest BCUT2D eigenvalue weighted by Crippen LogP contribution is 2.21. The molecule has 5 nitrogen and oxygen atoms in total. The van der Waals surface area contributed by atoms with Gasteiger partial charge >= 0.3 is 5.97 Å². The van der Waals surface area contributed by atoms with Crippen molar-refractivity contribution in [1.82, 2.24) is 0 Å². The second-order valence-corrected chi connectivity index (χ2v) is 5.99. The van der Waals surface area contributed by atoms with Crippen LogP contribution in [0.3, 0.4) is 0 Å². The monoisotopic (exact) mass is 221 g/mol. The van der Waals surface area contributed by atoms with Gasteiger partial charge in [0.05, 0.1) is 11.5 Å². The third-order valence-electron chi connectivity index (χ3n) is 2.56. The summed E-state index contributed by atoms with van der Waals surface area (Å²) in [5.41, 5.74) is 5.73. The van der Waals surface area contributed by atoms with E-state index < -0.39 is 15.8 Å². The molecule has 1 fully saturated rings. The number of rotatable bonds is 3. The molecular weight excluding hydrogens is 206 g/mol. The Labute approximate surface area is 83.2 Å². The van der Waals surface area contributed by atoms with E-state index in [9.17, 15) is 13.2 Å². The largest absolute Gasteiger partial charge is 0.481 e. The van der Waals surface area contributed by atoms with Crippen molar-refractivity contribution < 1.29 is 18.3 Å². The minimum atomic E-state index is -2.99. The van der Waals surface area contributed by atoms with Gasteiger partial charge in [-0.2, -0.15) is 0 Å². The van der Waals surface area contributed by atoms with Crippen LogP contribution in [-0.4, -0.2) is 37.0 Å². The molecule has 0 aromatic rings. The summed E-state index contributed by atoms with van der Waals surface area (Å²) in [7, 11) is -2.99. The van der Waals surface area contributed by atoms with Crippen molar-refractivity contribution in [2.75, 3.05) is 11.5 Å². The lowest BCUT2D eigenvalue weighted by Gasteiger charge is -2.27. The molecule has 1 aliphatic heterocycles. The average molecular weight is 221 g/mol. The second kappa shape index (κ2) is 4.27. The van der Waals surface area contributed by atoms with Gasteiger partial charge in [0.15, 0.2) is 9.84 Å². The van der Waals surface area contributed by atoms with Crippen molar-refractivity contribution in [3.8, 4) is 0 Å². The molecule has 0 unspecified atom stereocenters. The molecule has 0 aliphatic carbocycles. The van der Waals surface area contributed by atoms with Gasteiger partial charge in [0, 0.05) is 12.5 Å². The summed E-state index contributed by atoms with van der Waals surface area (Å²) in [4.78, 5) is 10.3. The maximum atomic E-state index is 11.2. The quantitative estimate of drug-likeness (QED) is 0.676. The lowest BCUT2D eigenvalue weighted by atomic mass is 9.95. The highest BCUT2D eigenvalue weighted by Gasteiger charge is 2.30. The smallest absolute Gasteiger partial charge is 0.303 e. The number of sulfone groups is 1. The fourth-order valence-electron chi connectivity index (χ4n) is 1.69. The second-order valence-electron chi connectivity index (χ2n) is 3.76. The Morgan fingerprint density at radius 3 is 2.71 bits per heavy atom. The summed E-state index contributed by atoms with van der Waals surface area (Å²) in [6.07, 6.45) is 0.802. The number of aliphatic carboxylic acids is 1. The van der Waals surface area contributed by atoms with Crippen LogP contribution in [0.25, 0.3) is 0 Å². The van der Waals surface area contributed by atoms with Crippen molar-refractivity contribution in [2.45, 2.75) is 25.3 Å². The van der Waals surface area contributed by atoms with Crippen LogP contribution in [0, 0.1) is 5.92 Å². The maximum Gasteiger partial charge on any atom is 0.303 e. The predicted molar refractivity (Wildman–Crippen MR) is 51.6 cm³/mol. The van der Waals surface area contributed by atoms with Crippen molar-refractivity contribution >= 4 is 15.8 Å². The molecule has 1 aliphatic rings. The van der Waals surface area contributed by atoms with Gasteiger partial charge in [-0.05, 0) is 18.8 Å². The van der Waals surface area contributed by atoms with E-state index in [1.54, 1.807) is 0 Å². The Kier molecular flexibility index (Phi) is 3.49. The van der Waals surface area contributed by atoms with Crippen molar-refractivity contribution in [3.63, 3.8) is 0 Å². The van der Waals surface area contributed by atoms with Gasteiger partial charge in [-0.1, -0.05) is 0 Å². The van der Waals surface area contributed by atoms with Gasteiger partial charge in [0.2, 0.25) is 0 Å². The predicted octanol–water partition coefficient (Wildman–Crippen LogP) is -0.387. The van der Waals surface area contributed by atoms with Gasteiger partial charge in [-0.3, -0.25) is 4.79 Å². The minimum Gasteiger partial charge on any atom is -0.481 e. The number of carboxylic acids is 1. The van der Waals surface area contributed by atoms with Crippen LogP contribution in [-0.2, 0) is 14.6 Å². The highest BCUT2D eigenvalue weighted by atomic mass is 32.2.